The van der Waals surface area contributed by atoms with Crippen molar-refractivity contribution in [1.82, 2.24) is 4.98 Å². The van der Waals surface area contributed by atoms with Gasteiger partial charge in [-0.25, -0.2) is 4.79 Å². The predicted octanol–water partition coefficient (Wildman–Crippen LogP) is 4.16. The minimum atomic E-state index is -0.900. The van der Waals surface area contributed by atoms with Gasteiger partial charge >= 0.3 is 5.97 Å². The third kappa shape index (κ3) is 2.67. The van der Waals surface area contributed by atoms with Crippen LogP contribution in [0.4, 0.5) is 0 Å². The molecule has 4 nitrogen and oxygen atoms in total. The summed E-state index contributed by atoms with van der Waals surface area (Å²) in [6.07, 6.45) is 2.92. The van der Waals surface area contributed by atoms with Crippen LogP contribution in [0, 0.1) is 0 Å². The van der Waals surface area contributed by atoms with Crippen LogP contribution < -0.4 is 4.74 Å². The van der Waals surface area contributed by atoms with E-state index in [1.165, 1.54) is 11.6 Å². The van der Waals surface area contributed by atoms with E-state index in [0.717, 1.165) is 46.3 Å². The van der Waals surface area contributed by atoms with Gasteiger partial charge < -0.3 is 14.8 Å². The molecule has 0 amide bonds. The van der Waals surface area contributed by atoms with Crippen molar-refractivity contribution in [1.29, 1.82) is 0 Å². The van der Waals surface area contributed by atoms with Gasteiger partial charge in [-0.05, 0) is 47.7 Å². The van der Waals surface area contributed by atoms with Gasteiger partial charge in [0.25, 0.3) is 0 Å². The maximum absolute atomic E-state index is 10.9. The van der Waals surface area contributed by atoms with Crippen LogP contribution in [0.5, 0.6) is 5.75 Å². The zero-order valence-electron chi connectivity index (χ0n) is 13.1. The summed E-state index contributed by atoms with van der Waals surface area (Å²) in [5.41, 5.74) is 5.14. The summed E-state index contributed by atoms with van der Waals surface area (Å²) in [5, 5.41) is 10.1. The van der Waals surface area contributed by atoms with Crippen LogP contribution in [-0.4, -0.2) is 16.1 Å². The first-order valence-corrected chi connectivity index (χ1v) is 7.96. The third-order valence-electron chi connectivity index (χ3n) is 4.39. The van der Waals surface area contributed by atoms with Crippen molar-refractivity contribution in [3.63, 3.8) is 0 Å². The van der Waals surface area contributed by atoms with E-state index >= 15 is 0 Å². The van der Waals surface area contributed by atoms with Gasteiger partial charge in [-0.2, -0.15) is 0 Å². The van der Waals surface area contributed by atoms with Crippen molar-refractivity contribution >= 4 is 22.4 Å². The highest BCUT2D eigenvalue weighted by molar-refractivity contribution is 5.97. The Morgan fingerprint density at radius 3 is 2.79 bits per heavy atom. The molecule has 0 saturated heterocycles. The zero-order valence-corrected chi connectivity index (χ0v) is 13.1. The molecule has 3 aromatic rings. The monoisotopic (exact) mass is 319 g/mol. The molecule has 0 aliphatic heterocycles. The van der Waals surface area contributed by atoms with E-state index in [9.17, 15) is 4.79 Å². The molecule has 0 unspecified atom stereocenters. The van der Waals surface area contributed by atoms with Gasteiger partial charge in [0.15, 0.2) is 0 Å². The molecule has 4 heteroatoms. The van der Waals surface area contributed by atoms with Gasteiger partial charge in [-0.1, -0.05) is 30.3 Å². The highest BCUT2D eigenvalue weighted by Crippen LogP contribution is 2.38. The van der Waals surface area contributed by atoms with Crippen molar-refractivity contribution in [2.75, 3.05) is 0 Å². The lowest BCUT2D eigenvalue weighted by Gasteiger charge is -2.06. The lowest BCUT2D eigenvalue weighted by molar-refractivity contribution is -0.131. The number of carbonyl (C=O) groups is 1. The topological polar surface area (TPSA) is 62.3 Å². The lowest BCUT2D eigenvalue weighted by Crippen LogP contribution is -1.94. The first-order chi connectivity index (χ1) is 11.7. The molecule has 4 rings (SSSR count). The average Bonchev–Trinajstić information content (AvgIpc) is 3.13. The fourth-order valence-electron chi connectivity index (χ4n) is 3.27. The number of benzene rings is 2. The van der Waals surface area contributed by atoms with Crippen molar-refractivity contribution in [2.24, 2.45) is 0 Å². The number of H-pyrrole nitrogens is 1. The molecule has 1 heterocycles. The van der Waals surface area contributed by atoms with Crippen molar-refractivity contribution in [3.05, 3.63) is 71.4 Å². The molecule has 0 atom stereocenters. The summed E-state index contributed by atoms with van der Waals surface area (Å²) in [4.78, 5) is 14.3. The number of aromatic amines is 1. The van der Waals surface area contributed by atoms with E-state index < -0.39 is 5.97 Å². The molecule has 120 valence electrons. The minimum absolute atomic E-state index is 0.531. The van der Waals surface area contributed by atoms with Crippen LogP contribution in [0.1, 0.15) is 23.2 Å². The second-order valence-corrected chi connectivity index (χ2v) is 5.97. The first kappa shape index (κ1) is 14.6. The Hall–Kier alpha value is -3.01. The molecule has 0 saturated carbocycles. The summed E-state index contributed by atoms with van der Waals surface area (Å²) in [7, 11) is 0. The number of carboxylic acids is 1. The van der Waals surface area contributed by atoms with Gasteiger partial charge in [0.05, 0.1) is 0 Å². The maximum Gasteiger partial charge on any atom is 0.328 e. The van der Waals surface area contributed by atoms with Gasteiger partial charge in [-0.3, -0.25) is 0 Å². The second kappa shape index (κ2) is 5.89. The molecule has 1 aliphatic carbocycles. The van der Waals surface area contributed by atoms with E-state index in [0.29, 0.717) is 6.61 Å². The van der Waals surface area contributed by atoms with E-state index in [1.807, 2.05) is 48.5 Å². The van der Waals surface area contributed by atoms with Crippen LogP contribution >= 0.6 is 0 Å². The second-order valence-electron chi connectivity index (χ2n) is 5.97. The summed E-state index contributed by atoms with van der Waals surface area (Å²) in [6, 6.07) is 16.0. The van der Waals surface area contributed by atoms with Crippen molar-refractivity contribution in [2.45, 2.75) is 19.4 Å². The van der Waals surface area contributed by atoms with Crippen LogP contribution in [-0.2, 0) is 17.8 Å². The van der Waals surface area contributed by atoms with Crippen molar-refractivity contribution < 1.29 is 14.6 Å². The number of aliphatic carboxylic acids is 1. The van der Waals surface area contributed by atoms with E-state index in [2.05, 4.69) is 4.98 Å². The smallest absolute Gasteiger partial charge is 0.328 e. The van der Waals surface area contributed by atoms with E-state index in [-0.39, 0.29) is 0 Å². The highest BCUT2D eigenvalue weighted by atomic mass is 16.5. The Balaban J connectivity index is 1.63. The number of ether oxygens (including phenoxy) is 1. The summed E-state index contributed by atoms with van der Waals surface area (Å²) >= 11 is 0. The largest absolute Gasteiger partial charge is 0.489 e. The summed E-state index contributed by atoms with van der Waals surface area (Å²) in [6.45, 7) is 0.531. The third-order valence-corrected chi connectivity index (χ3v) is 4.39. The highest BCUT2D eigenvalue weighted by Gasteiger charge is 2.22. The normalized spacial score (nSPS) is 14.9. The fourth-order valence-corrected chi connectivity index (χ4v) is 3.27. The number of fused-ring (bicyclic) bond motifs is 3. The fraction of sp³-hybridized carbons (Fsp3) is 0.150. The SMILES string of the molecule is O=C(O)/C=C1/CCc2c1[nH]c1ccc(OCc3ccccc3)cc21. The zero-order chi connectivity index (χ0) is 16.5. The van der Waals surface area contributed by atoms with Gasteiger partial charge in [0.2, 0.25) is 0 Å². The van der Waals surface area contributed by atoms with Gasteiger partial charge in [0, 0.05) is 22.7 Å². The number of aryl methyl sites for hydroxylation is 1. The molecule has 0 bridgehead atoms. The first-order valence-electron chi connectivity index (χ1n) is 7.96. The van der Waals surface area contributed by atoms with Crippen LogP contribution in [0.15, 0.2) is 54.6 Å². The Kier molecular flexibility index (Phi) is 3.58. The van der Waals surface area contributed by atoms with Crippen LogP contribution in [0.3, 0.4) is 0 Å². The molecule has 1 aromatic heterocycles. The molecule has 2 N–H and O–H groups in total. The summed E-state index contributed by atoms with van der Waals surface area (Å²) in [5.74, 6) is -0.0767. The molecular formula is C20H17NO3. The van der Waals surface area contributed by atoms with Crippen LogP contribution in [0.2, 0.25) is 0 Å². The van der Waals surface area contributed by atoms with Gasteiger partial charge in [-0.15, -0.1) is 0 Å². The van der Waals surface area contributed by atoms with Crippen LogP contribution in [0.25, 0.3) is 16.5 Å². The summed E-state index contributed by atoms with van der Waals surface area (Å²) < 4.78 is 5.90. The quantitative estimate of drug-likeness (QED) is 0.710. The molecular weight excluding hydrogens is 302 g/mol. The number of hydrogen-bond acceptors (Lipinski definition) is 2. The number of hydrogen-bond donors (Lipinski definition) is 2. The maximum atomic E-state index is 10.9. The Morgan fingerprint density at radius 2 is 2.00 bits per heavy atom. The number of allylic oxidation sites excluding steroid dienone is 1. The molecule has 0 spiro atoms. The Labute approximate surface area is 139 Å². The molecule has 2 aromatic carbocycles. The number of aromatic nitrogens is 1. The molecule has 24 heavy (non-hydrogen) atoms. The van der Waals surface area contributed by atoms with E-state index in [4.69, 9.17) is 9.84 Å². The molecule has 0 radical (unpaired) electrons. The lowest BCUT2D eigenvalue weighted by atomic mass is 10.1. The van der Waals surface area contributed by atoms with E-state index in [1.54, 1.807) is 0 Å². The Bertz CT molecular complexity index is 938. The Morgan fingerprint density at radius 1 is 1.17 bits per heavy atom. The standard InChI is InChI=1S/C20H17NO3/c22-19(23)10-14-6-8-16-17-11-15(7-9-18(17)21-20(14)16)24-12-13-4-2-1-3-5-13/h1-5,7,9-11,21H,6,8,12H2,(H,22,23)/b14-10-. The minimum Gasteiger partial charge on any atom is -0.489 e. The van der Waals surface area contributed by atoms with Gasteiger partial charge in [0.1, 0.15) is 12.4 Å². The molecule has 0 fully saturated rings. The predicted molar refractivity (Wildman–Crippen MR) is 93.0 cm³/mol. The number of rotatable bonds is 4. The average molecular weight is 319 g/mol. The van der Waals surface area contributed by atoms with Crippen molar-refractivity contribution in [3.8, 4) is 5.75 Å². The number of carboxylic acid groups (broad SMARTS) is 1. The molecule has 1 aliphatic rings. The number of nitrogens with one attached hydrogen (secondary N) is 1.